The lowest BCUT2D eigenvalue weighted by Gasteiger charge is -2.19. The Hall–Kier alpha value is -1.52. The van der Waals surface area contributed by atoms with E-state index in [-0.39, 0.29) is 5.69 Å². The summed E-state index contributed by atoms with van der Waals surface area (Å²) in [5, 5.41) is 0. The first-order chi connectivity index (χ1) is 5.93. The van der Waals surface area contributed by atoms with Crippen LogP contribution in [0.4, 0.5) is 0 Å². The number of rotatable bonds is 3. The second-order valence-corrected chi connectivity index (χ2v) is 3.64. The maximum atomic E-state index is 11.1. The van der Waals surface area contributed by atoms with Crippen molar-refractivity contribution in [1.82, 2.24) is 9.55 Å². The average molecular weight is 183 g/mol. The Morgan fingerprint density at radius 2 is 2.31 bits per heavy atom. The number of carbonyl (C=O) groups is 1. The van der Waals surface area contributed by atoms with Crippen LogP contribution >= 0.6 is 0 Å². The molecule has 0 fully saturated rings. The Kier molecular flexibility index (Phi) is 2.27. The smallest absolute Gasteiger partial charge is 0.325 e. The van der Waals surface area contributed by atoms with E-state index in [1.807, 2.05) is 0 Å². The third kappa shape index (κ3) is 1.99. The molecule has 0 saturated carbocycles. The van der Waals surface area contributed by atoms with E-state index in [0.29, 0.717) is 6.54 Å². The molecule has 5 heteroatoms. The summed E-state index contributed by atoms with van der Waals surface area (Å²) in [5.41, 5.74) is 4.24. The average Bonchev–Trinajstić information content (AvgIpc) is 2.35. The van der Waals surface area contributed by atoms with Crippen LogP contribution in [0.15, 0.2) is 17.2 Å². The molecule has 1 heterocycles. The quantitative estimate of drug-likeness (QED) is 0.673. The minimum atomic E-state index is -0.702. The highest BCUT2D eigenvalue weighted by atomic mass is 16.2. The summed E-state index contributed by atoms with van der Waals surface area (Å²) in [6.45, 7) is 3.70. The summed E-state index contributed by atoms with van der Waals surface area (Å²) in [6.07, 6.45) is 3.12. The predicted octanol–water partition coefficient (Wildman–Crippen LogP) is -0.312. The van der Waals surface area contributed by atoms with Gasteiger partial charge in [0.05, 0.1) is 5.41 Å². The van der Waals surface area contributed by atoms with Crippen LogP contribution in [0.3, 0.4) is 0 Å². The first-order valence-electron chi connectivity index (χ1n) is 3.97. The minimum Gasteiger partial charge on any atom is -0.369 e. The molecule has 0 spiro atoms. The van der Waals surface area contributed by atoms with Gasteiger partial charge < -0.3 is 10.7 Å². The van der Waals surface area contributed by atoms with Crippen molar-refractivity contribution in [3.8, 4) is 0 Å². The van der Waals surface area contributed by atoms with Crippen LogP contribution in [0.5, 0.6) is 0 Å². The van der Waals surface area contributed by atoms with Crippen molar-refractivity contribution in [2.24, 2.45) is 11.1 Å². The minimum absolute atomic E-state index is 0.227. The fourth-order valence-electron chi connectivity index (χ4n) is 0.977. The highest BCUT2D eigenvalue weighted by molar-refractivity contribution is 5.79. The van der Waals surface area contributed by atoms with Crippen molar-refractivity contribution < 1.29 is 4.79 Å². The van der Waals surface area contributed by atoms with Crippen molar-refractivity contribution in [2.75, 3.05) is 0 Å². The van der Waals surface area contributed by atoms with Gasteiger partial charge in [-0.05, 0) is 13.8 Å². The Morgan fingerprint density at radius 1 is 1.69 bits per heavy atom. The molecule has 0 aliphatic carbocycles. The van der Waals surface area contributed by atoms with Crippen LogP contribution < -0.4 is 11.4 Å². The SMILES string of the molecule is CC(C)(Cn1cc[nH]c1=O)C(N)=O. The molecule has 3 N–H and O–H groups in total. The summed E-state index contributed by atoms with van der Waals surface area (Å²) in [4.78, 5) is 24.5. The predicted molar refractivity (Wildman–Crippen MR) is 48.0 cm³/mol. The van der Waals surface area contributed by atoms with Gasteiger partial charge in [0.1, 0.15) is 0 Å². The number of nitrogens with zero attached hydrogens (tertiary/aromatic N) is 1. The molecular formula is C8H13N3O2. The third-order valence-corrected chi connectivity index (χ3v) is 1.95. The molecule has 0 bridgehead atoms. The number of carbonyl (C=O) groups excluding carboxylic acids is 1. The van der Waals surface area contributed by atoms with E-state index >= 15 is 0 Å². The van der Waals surface area contributed by atoms with Crippen molar-refractivity contribution in [2.45, 2.75) is 20.4 Å². The molecule has 5 nitrogen and oxygen atoms in total. The zero-order chi connectivity index (χ0) is 10.1. The molecule has 13 heavy (non-hydrogen) atoms. The number of nitrogens with two attached hydrogens (primary N) is 1. The zero-order valence-corrected chi connectivity index (χ0v) is 7.70. The summed E-state index contributed by atoms with van der Waals surface area (Å²) in [7, 11) is 0. The standard InChI is InChI=1S/C8H13N3O2/c1-8(2,6(9)12)5-11-4-3-10-7(11)13/h3-4H,5H2,1-2H3,(H2,9,12)(H,10,13). The van der Waals surface area contributed by atoms with Gasteiger partial charge in [0, 0.05) is 18.9 Å². The Labute approximate surface area is 75.6 Å². The molecule has 0 aromatic carbocycles. The number of amides is 1. The summed E-state index contributed by atoms with van der Waals surface area (Å²) >= 11 is 0. The first-order valence-corrected chi connectivity index (χ1v) is 3.97. The van der Waals surface area contributed by atoms with Crippen LogP contribution in [0.2, 0.25) is 0 Å². The van der Waals surface area contributed by atoms with E-state index < -0.39 is 11.3 Å². The maximum Gasteiger partial charge on any atom is 0.325 e. The van der Waals surface area contributed by atoms with Gasteiger partial charge in [0.25, 0.3) is 0 Å². The van der Waals surface area contributed by atoms with Gasteiger partial charge >= 0.3 is 5.69 Å². The number of hydrogen-bond donors (Lipinski definition) is 2. The molecule has 0 aliphatic heterocycles. The fourth-order valence-corrected chi connectivity index (χ4v) is 0.977. The van der Waals surface area contributed by atoms with Gasteiger partial charge in [-0.3, -0.25) is 9.36 Å². The van der Waals surface area contributed by atoms with Crippen LogP contribution in [0.25, 0.3) is 0 Å². The molecule has 1 rings (SSSR count). The number of H-pyrrole nitrogens is 1. The summed E-state index contributed by atoms with van der Waals surface area (Å²) < 4.78 is 1.42. The van der Waals surface area contributed by atoms with Crippen LogP contribution in [0.1, 0.15) is 13.8 Å². The Morgan fingerprint density at radius 3 is 2.69 bits per heavy atom. The van der Waals surface area contributed by atoms with Crippen LogP contribution in [0, 0.1) is 5.41 Å². The zero-order valence-electron chi connectivity index (χ0n) is 7.70. The second-order valence-electron chi connectivity index (χ2n) is 3.64. The maximum absolute atomic E-state index is 11.1. The molecule has 0 aliphatic rings. The van der Waals surface area contributed by atoms with Gasteiger partial charge in [0.15, 0.2) is 0 Å². The van der Waals surface area contributed by atoms with E-state index in [0.717, 1.165) is 0 Å². The van der Waals surface area contributed by atoms with E-state index in [9.17, 15) is 9.59 Å². The van der Waals surface area contributed by atoms with Gasteiger partial charge in [0.2, 0.25) is 5.91 Å². The number of imidazole rings is 1. The lowest BCUT2D eigenvalue weighted by atomic mass is 9.93. The molecule has 1 aromatic heterocycles. The summed E-state index contributed by atoms with van der Waals surface area (Å²) in [6, 6.07) is 0. The lowest BCUT2D eigenvalue weighted by molar-refractivity contribution is -0.126. The fraction of sp³-hybridized carbons (Fsp3) is 0.500. The van der Waals surface area contributed by atoms with E-state index in [4.69, 9.17) is 5.73 Å². The normalized spacial score (nSPS) is 11.5. The van der Waals surface area contributed by atoms with Crippen LogP contribution in [-0.2, 0) is 11.3 Å². The molecule has 0 atom stereocenters. The van der Waals surface area contributed by atoms with Crippen molar-refractivity contribution in [3.05, 3.63) is 22.9 Å². The first kappa shape index (κ1) is 9.57. The molecule has 1 amide bonds. The van der Waals surface area contributed by atoms with E-state index in [2.05, 4.69) is 4.98 Å². The Balaban J connectivity index is 2.87. The third-order valence-electron chi connectivity index (χ3n) is 1.95. The lowest BCUT2D eigenvalue weighted by Crippen LogP contribution is -2.37. The highest BCUT2D eigenvalue weighted by Gasteiger charge is 2.25. The van der Waals surface area contributed by atoms with Crippen molar-refractivity contribution in [1.29, 1.82) is 0 Å². The second kappa shape index (κ2) is 3.08. The monoisotopic (exact) mass is 183 g/mol. The van der Waals surface area contributed by atoms with Crippen molar-refractivity contribution in [3.63, 3.8) is 0 Å². The van der Waals surface area contributed by atoms with Gasteiger partial charge in [-0.1, -0.05) is 0 Å². The highest BCUT2D eigenvalue weighted by Crippen LogP contribution is 2.15. The summed E-state index contributed by atoms with van der Waals surface area (Å²) in [5.74, 6) is -0.416. The van der Waals surface area contributed by atoms with E-state index in [1.54, 1.807) is 20.0 Å². The molecular weight excluding hydrogens is 170 g/mol. The van der Waals surface area contributed by atoms with E-state index in [1.165, 1.54) is 10.8 Å². The topological polar surface area (TPSA) is 80.9 Å². The molecule has 72 valence electrons. The Bertz CT molecular complexity index is 361. The molecule has 0 saturated heterocycles. The number of aromatic amines is 1. The van der Waals surface area contributed by atoms with Gasteiger partial charge in [-0.15, -0.1) is 0 Å². The van der Waals surface area contributed by atoms with Crippen molar-refractivity contribution >= 4 is 5.91 Å². The number of nitrogens with one attached hydrogen (secondary N) is 1. The largest absolute Gasteiger partial charge is 0.369 e. The molecule has 1 aromatic rings. The number of aromatic nitrogens is 2. The molecule has 0 radical (unpaired) electrons. The number of primary amides is 1. The van der Waals surface area contributed by atoms with Gasteiger partial charge in [-0.25, -0.2) is 4.79 Å². The number of hydrogen-bond acceptors (Lipinski definition) is 2. The van der Waals surface area contributed by atoms with Crippen LogP contribution in [-0.4, -0.2) is 15.5 Å². The van der Waals surface area contributed by atoms with Gasteiger partial charge in [-0.2, -0.15) is 0 Å². The molecule has 0 unspecified atom stereocenters.